The van der Waals surface area contributed by atoms with Gasteiger partial charge in [-0.2, -0.15) is 0 Å². The minimum absolute atomic E-state index is 0. The standard InChI is InChI=1S/C17H27ClN4O2.HI/c1-5-19-16(21-12-15(23)22-17(2,3)4)20-9-10-24-14-8-6-7-13(18)11-14;/h6-8,11H,5,9-10,12H2,1-4H3,(H,22,23)(H2,19,20,21);1H. The number of nitrogens with one attached hydrogen (secondary N) is 3. The van der Waals surface area contributed by atoms with Gasteiger partial charge in [0, 0.05) is 17.1 Å². The van der Waals surface area contributed by atoms with Crippen molar-refractivity contribution in [3.05, 3.63) is 29.3 Å². The molecule has 0 fully saturated rings. The van der Waals surface area contributed by atoms with Crippen molar-refractivity contribution >= 4 is 47.4 Å². The molecule has 25 heavy (non-hydrogen) atoms. The van der Waals surface area contributed by atoms with Crippen molar-refractivity contribution in [1.29, 1.82) is 0 Å². The SMILES string of the molecule is CCNC(=NCC(=O)NC(C)(C)C)NCCOc1cccc(Cl)c1.I. The molecule has 0 atom stereocenters. The summed E-state index contributed by atoms with van der Waals surface area (Å²) in [6.45, 7) is 9.57. The summed E-state index contributed by atoms with van der Waals surface area (Å²) in [5.41, 5.74) is -0.261. The molecule has 0 heterocycles. The Morgan fingerprint density at radius 3 is 2.60 bits per heavy atom. The fraction of sp³-hybridized carbons (Fsp3) is 0.529. The van der Waals surface area contributed by atoms with E-state index >= 15 is 0 Å². The summed E-state index contributed by atoms with van der Waals surface area (Å²) >= 11 is 5.90. The van der Waals surface area contributed by atoms with E-state index in [1.807, 2.05) is 39.8 Å². The third-order valence-electron chi connectivity index (χ3n) is 2.70. The Bertz CT molecular complexity index is 562. The van der Waals surface area contributed by atoms with Gasteiger partial charge < -0.3 is 20.7 Å². The van der Waals surface area contributed by atoms with Crippen molar-refractivity contribution in [2.24, 2.45) is 4.99 Å². The molecular weight excluding hydrogens is 455 g/mol. The monoisotopic (exact) mass is 482 g/mol. The molecule has 1 aromatic rings. The Morgan fingerprint density at radius 1 is 1.28 bits per heavy atom. The summed E-state index contributed by atoms with van der Waals surface area (Å²) in [7, 11) is 0. The average molecular weight is 483 g/mol. The van der Waals surface area contributed by atoms with Crippen LogP contribution in [-0.2, 0) is 4.79 Å². The molecule has 0 aliphatic rings. The van der Waals surface area contributed by atoms with E-state index in [4.69, 9.17) is 16.3 Å². The predicted octanol–water partition coefficient (Wildman–Crippen LogP) is 2.81. The van der Waals surface area contributed by atoms with E-state index in [1.54, 1.807) is 12.1 Å². The number of halogens is 2. The molecule has 0 bridgehead atoms. The number of carbonyl (C=O) groups is 1. The molecule has 1 amide bonds. The zero-order valence-electron chi connectivity index (χ0n) is 15.2. The van der Waals surface area contributed by atoms with Gasteiger partial charge >= 0.3 is 0 Å². The first-order valence-corrected chi connectivity index (χ1v) is 8.39. The highest BCUT2D eigenvalue weighted by atomic mass is 127. The molecule has 6 nitrogen and oxygen atoms in total. The molecule has 0 spiro atoms. The van der Waals surface area contributed by atoms with Crippen molar-refractivity contribution in [2.45, 2.75) is 33.2 Å². The smallest absolute Gasteiger partial charge is 0.242 e. The zero-order chi connectivity index (χ0) is 18.0. The number of rotatable bonds is 7. The fourth-order valence-corrected chi connectivity index (χ4v) is 2.03. The summed E-state index contributed by atoms with van der Waals surface area (Å²) < 4.78 is 5.60. The number of guanidine groups is 1. The zero-order valence-corrected chi connectivity index (χ0v) is 18.3. The van der Waals surface area contributed by atoms with Crippen molar-refractivity contribution in [2.75, 3.05) is 26.2 Å². The normalized spacial score (nSPS) is 11.3. The van der Waals surface area contributed by atoms with Crippen LogP contribution in [0.5, 0.6) is 5.75 Å². The molecule has 0 saturated heterocycles. The van der Waals surface area contributed by atoms with Crippen LogP contribution in [0.3, 0.4) is 0 Å². The Balaban J connectivity index is 0.00000576. The molecule has 0 radical (unpaired) electrons. The van der Waals surface area contributed by atoms with Gasteiger partial charge in [0.15, 0.2) is 5.96 Å². The van der Waals surface area contributed by atoms with Gasteiger partial charge in [0.2, 0.25) is 5.91 Å². The lowest BCUT2D eigenvalue weighted by molar-refractivity contribution is -0.121. The molecule has 0 aromatic heterocycles. The topological polar surface area (TPSA) is 74.8 Å². The maximum absolute atomic E-state index is 11.8. The molecule has 0 aliphatic carbocycles. The predicted molar refractivity (Wildman–Crippen MR) is 114 cm³/mol. The van der Waals surface area contributed by atoms with Gasteiger partial charge in [-0.05, 0) is 45.9 Å². The minimum atomic E-state index is -0.261. The quantitative estimate of drug-likeness (QED) is 0.242. The first-order chi connectivity index (χ1) is 11.3. The van der Waals surface area contributed by atoms with Gasteiger partial charge in [-0.15, -0.1) is 24.0 Å². The Kier molecular flexibility index (Phi) is 11.6. The van der Waals surface area contributed by atoms with Crippen LogP contribution in [0.4, 0.5) is 0 Å². The van der Waals surface area contributed by atoms with Crippen LogP contribution in [0, 0.1) is 0 Å². The van der Waals surface area contributed by atoms with Crippen molar-refractivity contribution in [1.82, 2.24) is 16.0 Å². The second kappa shape index (κ2) is 12.2. The van der Waals surface area contributed by atoms with E-state index in [0.29, 0.717) is 30.7 Å². The van der Waals surface area contributed by atoms with E-state index < -0.39 is 0 Å². The molecule has 0 unspecified atom stereocenters. The van der Waals surface area contributed by atoms with Crippen LogP contribution in [0.2, 0.25) is 5.02 Å². The molecule has 3 N–H and O–H groups in total. The summed E-state index contributed by atoms with van der Waals surface area (Å²) in [5, 5.41) is 9.73. The first kappa shape index (κ1) is 23.8. The van der Waals surface area contributed by atoms with Crippen LogP contribution >= 0.6 is 35.6 Å². The second-order valence-electron chi connectivity index (χ2n) is 6.23. The molecule has 0 saturated carbocycles. The highest BCUT2D eigenvalue weighted by Gasteiger charge is 2.13. The third kappa shape index (κ3) is 11.9. The summed E-state index contributed by atoms with van der Waals surface area (Å²) in [6.07, 6.45) is 0. The summed E-state index contributed by atoms with van der Waals surface area (Å²) in [6, 6.07) is 7.25. The molecule has 1 aromatic carbocycles. The van der Waals surface area contributed by atoms with Crippen molar-refractivity contribution in [3.63, 3.8) is 0 Å². The number of amides is 1. The molecule has 142 valence electrons. The van der Waals surface area contributed by atoms with E-state index in [9.17, 15) is 4.79 Å². The third-order valence-corrected chi connectivity index (χ3v) is 2.93. The summed E-state index contributed by atoms with van der Waals surface area (Å²) in [4.78, 5) is 16.1. The van der Waals surface area contributed by atoms with E-state index in [0.717, 1.165) is 5.75 Å². The molecular formula is C17H28ClIN4O2. The van der Waals surface area contributed by atoms with E-state index in [1.165, 1.54) is 0 Å². The number of aliphatic imine (C=N–C) groups is 1. The Hall–Kier alpha value is -1.22. The lowest BCUT2D eigenvalue weighted by Crippen LogP contribution is -2.43. The highest BCUT2D eigenvalue weighted by Crippen LogP contribution is 2.16. The Morgan fingerprint density at radius 2 is 2.00 bits per heavy atom. The number of benzene rings is 1. The highest BCUT2D eigenvalue weighted by molar-refractivity contribution is 14.0. The van der Waals surface area contributed by atoms with Crippen LogP contribution < -0.4 is 20.7 Å². The first-order valence-electron chi connectivity index (χ1n) is 8.01. The van der Waals surface area contributed by atoms with Gasteiger partial charge in [-0.25, -0.2) is 4.99 Å². The molecule has 0 aliphatic heterocycles. The van der Waals surface area contributed by atoms with Gasteiger partial charge in [0.25, 0.3) is 0 Å². The lowest BCUT2D eigenvalue weighted by Gasteiger charge is -2.20. The van der Waals surface area contributed by atoms with E-state index in [2.05, 4.69) is 20.9 Å². The van der Waals surface area contributed by atoms with Gasteiger partial charge in [0.1, 0.15) is 18.9 Å². The van der Waals surface area contributed by atoms with Crippen molar-refractivity contribution < 1.29 is 9.53 Å². The molecule has 1 rings (SSSR count). The maximum atomic E-state index is 11.8. The van der Waals surface area contributed by atoms with Gasteiger partial charge in [-0.3, -0.25) is 4.79 Å². The summed E-state index contributed by atoms with van der Waals surface area (Å²) in [5.74, 6) is 1.18. The van der Waals surface area contributed by atoms with Crippen molar-refractivity contribution in [3.8, 4) is 5.75 Å². The second-order valence-corrected chi connectivity index (χ2v) is 6.66. The number of hydrogen-bond donors (Lipinski definition) is 3. The largest absolute Gasteiger partial charge is 0.492 e. The Labute approximate surface area is 172 Å². The number of carbonyl (C=O) groups excluding carboxylic acids is 1. The van der Waals surface area contributed by atoms with Crippen LogP contribution in [0.15, 0.2) is 29.3 Å². The number of nitrogens with zero attached hydrogens (tertiary/aromatic N) is 1. The molecule has 8 heteroatoms. The number of ether oxygens (including phenoxy) is 1. The van der Waals surface area contributed by atoms with E-state index in [-0.39, 0.29) is 42.0 Å². The lowest BCUT2D eigenvalue weighted by atomic mass is 10.1. The minimum Gasteiger partial charge on any atom is -0.492 e. The van der Waals surface area contributed by atoms with Gasteiger partial charge in [-0.1, -0.05) is 17.7 Å². The fourth-order valence-electron chi connectivity index (χ4n) is 1.85. The number of hydrogen-bond acceptors (Lipinski definition) is 3. The average Bonchev–Trinajstić information content (AvgIpc) is 2.47. The van der Waals surface area contributed by atoms with Crippen LogP contribution in [0.25, 0.3) is 0 Å². The van der Waals surface area contributed by atoms with Crippen LogP contribution in [0.1, 0.15) is 27.7 Å². The maximum Gasteiger partial charge on any atom is 0.242 e. The van der Waals surface area contributed by atoms with Crippen LogP contribution in [-0.4, -0.2) is 43.6 Å². The van der Waals surface area contributed by atoms with Gasteiger partial charge in [0.05, 0.1) is 6.54 Å².